The molecule has 2 aromatic carbocycles. The third-order valence-corrected chi connectivity index (χ3v) is 6.61. The number of para-hydroxylation sites is 2. The number of hydrogen-bond donors (Lipinski definition) is 0. The minimum Gasteiger partial charge on any atom is -0.482 e. The first-order valence-corrected chi connectivity index (χ1v) is 11.2. The van der Waals surface area contributed by atoms with Gasteiger partial charge in [0.1, 0.15) is 6.10 Å². The molecule has 3 unspecified atom stereocenters. The molecule has 3 heterocycles. The Morgan fingerprint density at radius 1 is 1.23 bits per heavy atom. The van der Waals surface area contributed by atoms with E-state index >= 15 is 0 Å². The second-order valence-electron chi connectivity index (χ2n) is 7.50. The summed E-state index contributed by atoms with van der Waals surface area (Å²) < 4.78 is 18.8. The molecule has 0 bridgehead atoms. The van der Waals surface area contributed by atoms with Gasteiger partial charge in [0, 0.05) is 11.6 Å². The summed E-state index contributed by atoms with van der Waals surface area (Å²) in [6.45, 7) is 3.00. The first kappa shape index (κ1) is 19.6. The van der Waals surface area contributed by atoms with Crippen molar-refractivity contribution in [3.8, 4) is 11.5 Å². The van der Waals surface area contributed by atoms with Gasteiger partial charge in [-0.05, 0) is 50.1 Å². The maximum atomic E-state index is 13.7. The first-order valence-electron chi connectivity index (χ1n) is 10.00. The highest BCUT2D eigenvalue weighted by Crippen LogP contribution is 2.36. The normalized spacial score (nSPS) is 22.9. The Hall–Kier alpha value is -2.35. The van der Waals surface area contributed by atoms with E-state index in [4.69, 9.17) is 30.8 Å². The van der Waals surface area contributed by atoms with Crippen molar-refractivity contribution < 1.29 is 19.0 Å². The van der Waals surface area contributed by atoms with Crippen molar-refractivity contribution in [2.75, 3.05) is 18.1 Å². The van der Waals surface area contributed by atoms with Gasteiger partial charge in [0.15, 0.2) is 16.6 Å². The van der Waals surface area contributed by atoms with E-state index in [1.807, 2.05) is 43.3 Å². The number of amides is 1. The fourth-order valence-corrected chi connectivity index (χ4v) is 5.06. The van der Waals surface area contributed by atoms with Gasteiger partial charge in [0.25, 0.3) is 5.91 Å². The molecule has 0 N–H and O–H groups in total. The molecule has 3 aromatic rings. The summed E-state index contributed by atoms with van der Waals surface area (Å²) >= 11 is 7.58. The summed E-state index contributed by atoms with van der Waals surface area (Å²) in [5.74, 6) is 1.04. The number of benzene rings is 2. The zero-order valence-corrected chi connectivity index (χ0v) is 18.0. The number of rotatable bonds is 4. The lowest BCUT2D eigenvalue weighted by molar-refractivity contribution is -0.131. The van der Waals surface area contributed by atoms with Crippen molar-refractivity contribution in [1.82, 2.24) is 4.98 Å². The van der Waals surface area contributed by atoms with E-state index in [1.54, 1.807) is 11.0 Å². The van der Waals surface area contributed by atoms with Crippen LogP contribution in [0.5, 0.6) is 11.5 Å². The highest BCUT2D eigenvalue weighted by atomic mass is 35.5. The van der Waals surface area contributed by atoms with Gasteiger partial charge in [-0.25, -0.2) is 4.98 Å². The molecule has 1 fully saturated rings. The predicted octanol–water partition coefficient (Wildman–Crippen LogP) is 4.69. The van der Waals surface area contributed by atoms with E-state index in [-0.39, 0.29) is 12.0 Å². The van der Waals surface area contributed by atoms with E-state index in [9.17, 15) is 4.79 Å². The largest absolute Gasteiger partial charge is 0.482 e. The predicted molar refractivity (Wildman–Crippen MR) is 117 cm³/mol. The number of thiazole rings is 1. The van der Waals surface area contributed by atoms with E-state index in [0.29, 0.717) is 28.2 Å². The lowest BCUT2D eigenvalue weighted by atomic mass is 10.1. The molecular formula is C22H21ClN2O4S. The summed E-state index contributed by atoms with van der Waals surface area (Å²) in [6, 6.07) is 12.9. The van der Waals surface area contributed by atoms with Gasteiger partial charge < -0.3 is 14.2 Å². The number of hydrogen-bond acceptors (Lipinski definition) is 6. The number of carbonyl (C=O) groups excluding carboxylic acids is 1. The van der Waals surface area contributed by atoms with Crippen LogP contribution in [-0.4, -0.2) is 42.4 Å². The molecule has 0 spiro atoms. The van der Waals surface area contributed by atoms with E-state index in [2.05, 4.69) is 0 Å². The van der Waals surface area contributed by atoms with Crippen molar-refractivity contribution in [3.63, 3.8) is 0 Å². The van der Waals surface area contributed by atoms with Crippen molar-refractivity contribution in [3.05, 3.63) is 47.5 Å². The number of aromatic nitrogens is 1. The number of fused-ring (bicyclic) bond motifs is 2. The van der Waals surface area contributed by atoms with Crippen LogP contribution in [0.15, 0.2) is 42.5 Å². The van der Waals surface area contributed by atoms with E-state index in [0.717, 1.165) is 29.7 Å². The second-order valence-corrected chi connectivity index (χ2v) is 8.95. The van der Waals surface area contributed by atoms with E-state index in [1.165, 1.54) is 11.3 Å². The Balaban J connectivity index is 1.48. The Morgan fingerprint density at radius 2 is 2.03 bits per heavy atom. The number of ether oxygens (including phenoxy) is 3. The molecule has 1 amide bonds. The van der Waals surface area contributed by atoms with Gasteiger partial charge in [0.2, 0.25) is 6.10 Å². The van der Waals surface area contributed by atoms with Gasteiger partial charge in [-0.3, -0.25) is 9.69 Å². The lowest BCUT2D eigenvalue weighted by Crippen LogP contribution is -2.52. The smallest absolute Gasteiger partial charge is 0.273 e. The van der Waals surface area contributed by atoms with E-state index < -0.39 is 12.2 Å². The standard InChI is InChI=1S/C22H21ClN2O4S/c1-13-20(29-18-7-3-2-6-17(18)28-13)21(26)25(12-15-5-4-10-27-15)22-24-16-9-8-14(23)11-19(16)30-22/h2-3,6-9,11,13,15,20H,4-5,10,12H2,1H3. The minimum atomic E-state index is -0.767. The number of nitrogens with zero attached hydrogens (tertiary/aromatic N) is 2. The van der Waals surface area contributed by atoms with Crippen LogP contribution >= 0.6 is 22.9 Å². The molecular weight excluding hydrogens is 424 g/mol. The van der Waals surface area contributed by atoms with Gasteiger partial charge in [-0.1, -0.05) is 35.1 Å². The highest BCUT2D eigenvalue weighted by Gasteiger charge is 2.39. The Bertz CT molecular complexity index is 1080. The van der Waals surface area contributed by atoms with Crippen molar-refractivity contribution in [2.24, 2.45) is 0 Å². The molecule has 1 aromatic heterocycles. The lowest BCUT2D eigenvalue weighted by Gasteiger charge is -2.34. The average molecular weight is 445 g/mol. The molecule has 0 aliphatic carbocycles. The third kappa shape index (κ3) is 3.73. The topological polar surface area (TPSA) is 60.9 Å². The van der Waals surface area contributed by atoms with Crippen molar-refractivity contribution in [2.45, 2.75) is 38.1 Å². The fourth-order valence-electron chi connectivity index (χ4n) is 3.80. The van der Waals surface area contributed by atoms with Crippen LogP contribution in [0.4, 0.5) is 5.13 Å². The van der Waals surface area contributed by atoms with Crippen LogP contribution in [0.3, 0.4) is 0 Å². The van der Waals surface area contributed by atoms with Gasteiger partial charge in [-0.2, -0.15) is 0 Å². The van der Waals surface area contributed by atoms with Gasteiger partial charge in [0.05, 0.1) is 22.9 Å². The molecule has 8 heteroatoms. The second kappa shape index (κ2) is 8.06. The number of halogens is 1. The summed E-state index contributed by atoms with van der Waals surface area (Å²) in [7, 11) is 0. The van der Waals surface area contributed by atoms with Crippen molar-refractivity contribution >= 4 is 44.2 Å². The first-order chi connectivity index (χ1) is 14.6. The molecule has 5 rings (SSSR count). The summed E-state index contributed by atoms with van der Waals surface area (Å²) in [4.78, 5) is 20.0. The van der Waals surface area contributed by atoms with Gasteiger partial charge in [-0.15, -0.1) is 0 Å². The van der Waals surface area contributed by atoms with Crippen LogP contribution in [0.25, 0.3) is 10.2 Å². The number of anilines is 1. The third-order valence-electron chi connectivity index (χ3n) is 5.33. The Morgan fingerprint density at radius 3 is 2.80 bits per heavy atom. The zero-order valence-electron chi connectivity index (χ0n) is 16.4. The number of carbonyl (C=O) groups is 1. The van der Waals surface area contributed by atoms with Crippen molar-refractivity contribution in [1.29, 1.82) is 0 Å². The summed E-state index contributed by atoms with van der Waals surface area (Å²) in [6.07, 6.45) is 0.701. The van der Waals surface area contributed by atoms with Crippen LogP contribution in [0.2, 0.25) is 5.02 Å². The minimum absolute atomic E-state index is 0.0170. The van der Waals surface area contributed by atoms with Crippen LogP contribution in [-0.2, 0) is 9.53 Å². The monoisotopic (exact) mass is 444 g/mol. The molecule has 30 heavy (non-hydrogen) atoms. The maximum absolute atomic E-state index is 13.7. The SMILES string of the molecule is CC1Oc2ccccc2OC1C(=O)N(CC1CCCO1)c1nc2ccc(Cl)cc2s1. The molecule has 2 aliphatic heterocycles. The molecule has 156 valence electrons. The zero-order chi connectivity index (χ0) is 20.7. The van der Waals surface area contributed by atoms with Gasteiger partial charge >= 0.3 is 0 Å². The highest BCUT2D eigenvalue weighted by molar-refractivity contribution is 7.22. The molecule has 0 saturated carbocycles. The average Bonchev–Trinajstić information content (AvgIpc) is 3.40. The Kier molecular flexibility index (Phi) is 5.26. The quantitative estimate of drug-likeness (QED) is 0.584. The van der Waals surface area contributed by atoms with Crippen LogP contribution in [0, 0.1) is 0 Å². The molecule has 0 radical (unpaired) electrons. The molecule has 6 nitrogen and oxygen atoms in total. The van der Waals surface area contributed by atoms with Crippen LogP contribution < -0.4 is 14.4 Å². The molecule has 2 aliphatic rings. The maximum Gasteiger partial charge on any atom is 0.273 e. The van der Waals surface area contributed by atoms with Crippen LogP contribution in [0.1, 0.15) is 19.8 Å². The molecule has 3 atom stereocenters. The Labute approximate surface area is 183 Å². The summed E-state index contributed by atoms with van der Waals surface area (Å²) in [5.41, 5.74) is 0.809. The fraction of sp³-hybridized carbons (Fsp3) is 0.364. The summed E-state index contributed by atoms with van der Waals surface area (Å²) in [5, 5.41) is 1.26. The molecule has 1 saturated heterocycles.